The van der Waals surface area contributed by atoms with Gasteiger partial charge in [0.1, 0.15) is 5.75 Å². The van der Waals surface area contributed by atoms with Crippen molar-refractivity contribution in [1.29, 1.82) is 0 Å². The molecule has 1 aromatic heterocycles. The number of benzene rings is 1. The quantitative estimate of drug-likeness (QED) is 0.296. The molecule has 137 valence electrons. The number of nitrogens with zero attached hydrogens (tertiary/aromatic N) is 2. The number of aromatic hydroxyl groups is 1. The fraction of sp³-hybridized carbons (Fsp3) is 0.0435. The summed E-state index contributed by atoms with van der Waals surface area (Å²) in [6.45, 7) is 0. The monoisotopic (exact) mass is 531 g/mol. The molecule has 4 rings (SSSR count). The number of pyridine rings is 1. The number of aliphatic imine (C=N–C) groups is 1. The molecular weight excluding hydrogens is 512 g/mol. The van der Waals surface area contributed by atoms with Gasteiger partial charge in [0.25, 0.3) is 0 Å². The van der Waals surface area contributed by atoms with Crippen LogP contribution in [0.1, 0.15) is 5.56 Å². The van der Waals surface area contributed by atoms with Crippen LogP contribution in [0.3, 0.4) is 0 Å². The average Bonchev–Trinajstić information content (AvgIpc) is 2.96. The Morgan fingerprint density at radius 1 is 0.889 bits per heavy atom. The van der Waals surface area contributed by atoms with Crippen molar-refractivity contribution >= 4 is 6.21 Å². The van der Waals surface area contributed by atoms with Crippen molar-refractivity contribution in [2.45, 2.75) is 0 Å². The summed E-state index contributed by atoms with van der Waals surface area (Å²) in [7, 11) is 1.67. The minimum absolute atomic E-state index is 0. The van der Waals surface area contributed by atoms with Crippen LogP contribution in [0.15, 0.2) is 84.0 Å². The summed E-state index contributed by atoms with van der Waals surface area (Å²) in [5, 5.41) is 9.15. The third kappa shape index (κ3) is 5.58. The summed E-state index contributed by atoms with van der Waals surface area (Å²) in [5.41, 5.74) is 5.11. The molecule has 4 heteroatoms. The maximum atomic E-state index is 9.15. The van der Waals surface area contributed by atoms with Crippen LogP contribution in [0.5, 0.6) is 5.75 Å². The van der Waals surface area contributed by atoms with E-state index in [9.17, 15) is 0 Å². The van der Waals surface area contributed by atoms with Gasteiger partial charge >= 0.3 is 0 Å². The van der Waals surface area contributed by atoms with Crippen molar-refractivity contribution in [2.24, 2.45) is 4.99 Å². The van der Waals surface area contributed by atoms with Gasteiger partial charge < -0.3 is 10.1 Å². The Labute approximate surface area is 173 Å². The summed E-state index contributed by atoms with van der Waals surface area (Å²) in [5.74, 6) is 0.271. The van der Waals surface area contributed by atoms with Crippen molar-refractivity contribution in [2.75, 3.05) is 7.05 Å². The Morgan fingerprint density at radius 2 is 1.63 bits per heavy atom. The summed E-state index contributed by atoms with van der Waals surface area (Å²) < 4.78 is 0. The Hall–Kier alpha value is -2.81. The van der Waals surface area contributed by atoms with Gasteiger partial charge in [0, 0.05) is 38.9 Å². The summed E-state index contributed by atoms with van der Waals surface area (Å²) in [4.78, 5) is 7.78. The predicted molar refractivity (Wildman–Crippen MR) is 106 cm³/mol. The molecule has 1 radical (unpaired) electrons. The summed E-state index contributed by atoms with van der Waals surface area (Å²) >= 11 is 0. The molecular formula is C23H18IrN2O-2. The predicted octanol–water partition coefficient (Wildman–Crippen LogP) is 4.89. The van der Waals surface area contributed by atoms with Crippen LogP contribution in [-0.4, -0.2) is 23.4 Å². The number of fused-ring (bicyclic) bond motifs is 1. The maximum Gasteiger partial charge on any atom is 0.124 e. The molecule has 0 bridgehead atoms. The molecule has 1 aromatic carbocycles. The Morgan fingerprint density at radius 3 is 2.37 bits per heavy atom. The fourth-order valence-corrected chi connectivity index (χ4v) is 2.49. The molecule has 0 atom stereocenters. The largest absolute Gasteiger partial charge is 0.507 e. The molecule has 0 amide bonds. The first-order chi connectivity index (χ1) is 12.8. The molecule has 0 aliphatic heterocycles. The van der Waals surface area contributed by atoms with E-state index in [1.54, 1.807) is 31.6 Å². The van der Waals surface area contributed by atoms with Gasteiger partial charge in [-0.05, 0) is 12.1 Å². The molecule has 0 fully saturated rings. The second kappa shape index (κ2) is 10.4. The Balaban J connectivity index is 0.000000208. The molecule has 1 heterocycles. The van der Waals surface area contributed by atoms with E-state index in [0.717, 1.165) is 22.3 Å². The van der Waals surface area contributed by atoms with Crippen LogP contribution in [-0.2, 0) is 20.1 Å². The average molecular weight is 531 g/mol. The number of rotatable bonds is 2. The molecule has 2 aromatic rings. The summed E-state index contributed by atoms with van der Waals surface area (Å²) in [6.07, 6.45) is 6.32. The molecule has 0 saturated heterocycles. The Bertz CT molecular complexity index is 940. The first-order valence-electron chi connectivity index (χ1n) is 8.22. The van der Waals surface area contributed by atoms with E-state index in [4.69, 9.17) is 5.11 Å². The molecule has 1 N–H and O–H groups in total. The number of aromatic nitrogens is 1. The van der Waals surface area contributed by atoms with Crippen LogP contribution in [0.4, 0.5) is 0 Å². The molecule has 2 aliphatic carbocycles. The zero-order valence-electron chi connectivity index (χ0n) is 14.8. The van der Waals surface area contributed by atoms with Crippen molar-refractivity contribution in [3.05, 3.63) is 96.8 Å². The molecule has 3 nitrogen and oxygen atoms in total. The standard InChI is InChI=1S/C15H9N.C8H9NO.Ir/c1-2-5-12-9-15(10-13(12)6-3-1)14-7-4-8-16-11-14;1-9-6-7-4-2-3-5-8(7)10;/h1-9H;2-6,10H,1H3;/q-2;;. The van der Waals surface area contributed by atoms with Crippen LogP contribution >= 0.6 is 0 Å². The van der Waals surface area contributed by atoms with Gasteiger partial charge in [0.2, 0.25) is 0 Å². The van der Waals surface area contributed by atoms with E-state index in [1.165, 1.54) is 5.56 Å². The van der Waals surface area contributed by atoms with E-state index in [1.807, 2.05) is 42.5 Å². The third-order valence-electron chi connectivity index (χ3n) is 3.74. The van der Waals surface area contributed by atoms with E-state index in [2.05, 4.69) is 40.4 Å². The number of phenols is 1. The van der Waals surface area contributed by atoms with Gasteiger partial charge in [-0.3, -0.25) is 4.99 Å². The maximum absolute atomic E-state index is 9.15. The number of phenolic OH excluding ortho intramolecular Hbond substituents is 1. The fourth-order valence-electron chi connectivity index (χ4n) is 2.49. The van der Waals surface area contributed by atoms with E-state index >= 15 is 0 Å². The smallest absolute Gasteiger partial charge is 0.124 e. The van der Waals surface area contributed by atoms with Gasteiger partial charge in [0.05, 0.1) is 0 Å². The van der Waals surface area contributed by atoms with Gasteiger partial charge in [0.15, 0.2) is 0 Å². The first kappa shape index (κ1) is 20.5. The van der Waals surface area contributed by atoms with Crippen LogP contribution in [0.2, 0.25) is 0 Å². The topological polar surface area (TPSA) is 45.5 Å². The molecule has 0 spiro atoms. The second-order valence-electron chi connectivity index (χ2n) is 5.57. The van der Waals surface area contributed by atoms with E-state index < -0.39 is 0 Å². The SMILES string of the molecule is CN=Cc1ccccc1O.[Ir].[c-]1ncccc1-c1[c-]c2cccccc-2c1. The van der Waals surface area contributed by atoms with Crippen molar-refractivity contribution < 1.29 is 25.2 Å². The van der Waals surface area contributed by atoms with Crippen molar-refractivity contribution in [3.63, 3.8) is 0 Å². The minimum atomic E-state index is 0. The van der Waals surface area contributed by atoms with Gasteiger partial charge in [-0.25, -0.2) is 5.56 Å². The van der Waals surface area contributed by atoms with Crippen molar-refractivity contribution in [1.82, 2.24) is 4.98 Å². The zero-order chi connectivity index (χ0) is 18.2. The van der Waals surface area contributed by atoms with Crippen LogP contribution in [0.25, 0.3) is 22.3 Å². The number of hydrogen-bond donors (Lipinski definition) is 1. The zero-order valence-corrected chi connectivity index (χ0v) is 17.2. The minimum Gasteiger partial charge on any atom is -0.507 e. The third-order valence-corrected chi connectivity index (χ3v) is 3.74. The van der Waals surface area contributed by atoms with E-state index in [-0.39, 0.29) is 25.9 Å². The van der Waals surface area contributed by atoms with Gasteiger partial charge in [-0.2, -0.15) is 23.8 Å². The number of para-hydroxylation sites is 1. The molecule has 2 aliphatic rings. The van der Waals surface area contributed by atoms with Crippen LogP contribution < -0.4 is 0 Å². The Kier molecular flexibility index (Phi) is 7.87. The molecule has 27 heavy (non-hydrogen) atoms. The normalized spacial score (nSPS) is 10.1. The molecule has 0 unspecified atom stereocenters. The van der Waals surface area contributed by atoms with E-state index in [0.29, 0.717) is 0 Å². The number of hydrogen-bond acceptors (Lipinski definition) is 3. The van der Waals surface area contributed by atoms with Gasteiger partial charge in [-0.1, -0.05) is 48.8 Å². The second-order valence-corrected chi connectivity index (χ2v) is 5.57. The van der Waals surface area contributed by atoms with Crippen LogP contribution in [0, 0.1) is 12.3 Å². The first-order valence-corrected chi connectivity index (χ1v) is 8.22. The van der Waals surface area contributed by atoms with Gasteiger partial charge in [-0.15, -0.1) is 23.3 Å². The van der Waals surface area contributed by atoms with Crippen molar-refractivity contribution in [3.8, 4) is 28.0 Å². The summed E-state index contributed by atoms with van der Waals surface area (Å²) in [6, 6.07) is 26.7. The molecule has 0 saturated carbocycles.